The van der Waals surface area contributed by atoms with Gasteiger partial charge in [0.25, 0.3) is 0 Å². The molecule has 1 amide bonds. The Hall–Kier alpha value is 0.200. The number of carbonyl (C=O) groups excluding carboxylic acids is 1. The van der Waals surface area contributed by atoms with Crippen LogP contribution in [0.15, 0.2) is 0 Å². The van der Waals surface area contributed by atoms with E-state index in [1.807, 2.05) is 18.7 Å². The molecule has 0 saturated carbocycles. The fourth-order valence-corrected chi connectivity index (χ4v) is 1.82. The van der Waals surface area contributed by atoms with Gasteiger partial charge < -0.3 is 4.90 Å². The maximum absolute atomic E-state index is 11.5. The first kappa shape index (κ1) is 13.2. The third-order valence-electron chi connectivity index (χ3n) is 2.14. The molecule has 0 aromatic heterocycles. The summed E-state index contributed by atoms with van der Waals surface area (Å²) in [5, 5.41) is 0. The molecule has 3 heteroatoms. The molecule has 0 N–H and O–H groups in total. The first-order valence-electron chi connectivity index (χ1n) is 5.10. The molecule has 0 aromatic carbocycles. The van der Waals surface area contributed by atoms with Gasteiger partial charge in [0.15, 0.2) is 0 Å². The second kappa shape index (κ2) is 8.78. The van der Waals surface area contributed by atoms with Crippen LogP contribution in [0.25, 0.3) is 0 Å². The molecule has 0 unspecified atom stereocenters. The first-order chi connectivity index (χ1) is 6.26. The second-order valence-corrected chi connectivity index (χ2v) is 4.14. The van der Waals surface area contributed by atoms with E-state index in [9.17, 15) is 4.79 Å². The van der Waals surface area contributed by atoms with Gasteiger partial charge in [-0.05, 0) is 31.1 Å². The largest absolute Gasteiger partial charge is 0.343 e. The van der Waals surface area contributed by atoms with Crippen molar-refractivity contribution in [3.05, 3.63) is 0 Å². The van der Waals surface area contributed by atoms with E-state index in [2.05, 4.69) is 22.6 Å². The smallest absolute Gasteiger partial charge is 0.222 e. The molecule has 0 aromatic rings. The maximum atomic E-state index is 11.5. The van der Waals surface area contributed by atoms with E-state index in [1.165, 1.54) is 17.3 Å². The lowest BCUT2D eigenvalue weighted by Crippen LogP contribution is -2.30. The number of nitrogens with zero attached hydrogens (tertiary/aromatic N) is 1. The summed E-state index contributed by atoms with van der Waals surface area (Å²) in [6.45, 7) is 5.77. The van der Waals surface area contributed by atoms with Crippen LogP contribution < -0.4 is 0 Å². The van der Waals surface area contributed by atoms with Crippen molar-refractivity contribution in [2.45, 2.75) is 39.5 Å². The van der Waals surface area contributed by atoms with E-state index >= 15 is 0 Å². The van der Waals surface area contributed by atoms with Crippen LogP contribution in [0.5, 0.6) is 0 Å². The Balaban J connectivity index is 3.48. The summed E-state index contributed by atoms with van der Waals surface area (Å²) in [4.78, 5) is 13.4. The summed E-state index contributed by atoms with van der Waals surface area (Å²) >= 11 is 2.38. The van der Waals surface area contributed by atoms with Crippen LogP contribution in [0.1, 0.15) is 39.5 Å². The van der Waals surface area contributed by atoms with E-state index in [0.717, 1.165) is 25.9 Å². The van der Waals surface area contributed by atoms with Gasteiger partial charge in [0.2, 0.25) is 5.91 Å². The summed E-state index contributed by atoms with van der Waals surface area (Å²) in [6.07, 6.45) is 4.22. The van der Waals surface area contributed by atoms with Gasteiger partial charge in [0.1, 0.15) is 0 Å². The lowest BCUT2D eigenvalue weighted by molar-refractivity contribution is -0.130. The fourth-order valence-electron chi connectivity index (χ4n) is 1.28. The van der Waals surface area contributed by atoms with Crippen LogP contribution >= 0.6 is 22.6 Å². The normalized spacial score (nSPS) is 10.1. The van der Waals surface area contributed by atoms with Gasteiger partial charge >= 0.3 is 0 Å². The van der Waals surface area contributed by atoms with Gasteiger partial charge in [-0.2, -0.15) is 0 Å². The molecule has 2 nitrogen and oxygen atoms in total. The SMILES string of the molecule is CCN(CC)C(=O)CCCCCI. The van der Waals surface area contributed by atoms with Gasteiger partial charge in [0, 0.05) is 19.5 Å². The molecule has 78 valence electrons. The lowest BCUT2D eigenvalue weighted by atomic mass is 10.2. The van der Waals surface area contributed by atoms with Crippen molar-refractivity contribution in [1.82, 2.24) is 4.90 Å². The molecule has 0 bridgehead atoms. The Morgan fingerprint density at radius 1 is 1.15 bits per heavy atom. The average molecular weight is 297 g/mol. The molecule has 0 saturated heterocycles. The highest BCUT2D eigenvalue weighted by Crippen LogP contribution is 2.04. The quantitative estimate of drug-likeness (QED) is 0.402. The second-order valence-electron chi connectivity index (χ2n) is 3.07. The molecule has 0 radical (unpaired) electrons. The Kier molecular flexibility index (Phi) is 8.92. The highest BCUT2D eigenvalue weighted by atomic mass is 127. The minimum atomic E-state index is 0.318. The number of hydrogen-bond acceptors (Lipinski definition) is 1. The molecule has 0 spiro atoms. The molecule has 13 heavy (non-hydrogen) atoms. The molecular formula is C10H20INO. The third-order valence-corrected chi connectivity index (χ3v) is 2.90. The molecule has 0 aliphatic carbocycles. The van der Waals surface area contributed by atoms with E-state index in [0.29, 0.717) is 5.91 Å². The van der Waals surface area contributed by atoms with E-state index in [-0.39, 0.29) is 0 Å². The Morgan fingerprint density at radius 2 is 1.77 bits per heavy atom. The fraction of sp³-hybridized carbons (Fsp3) is 0.900. The van der Waals surface area contributed by atoms with Crippen molar-refractivity contribution < 1.29 is 4.79 Å². The molecule has 0 aliphatic heterocycles. The minimum Gasteiger partial charge on any atom is -0.343 e. The molecule has 0 fully saturated rings. The zero-order valence-electron chi connectivity index (χ0n) is 8.68. The first-order valence-corrected chi connectivity index (χ1v) is 6.62. The summed E-state index contributed by atoms with van der Waals surface area (Å²) in [7, 11) is 0. The topological polar surface area (TPSA) is 20.3 Å². The van der Waals surface area contributed by atoms with Crippen molar-refractivity contribution in [1.29, 1.82) is 0 Å². The van der Waals surface area contributed by atoms with Crippen LogP contribution in [0, 0.1) is 0 Å². The summed E-state index contributed by atoms with van der Waals surface area (Å²) in [6, 6.07) is 0. The van der Waals surface area contributed by atoms with Gasteiger partial charge in [-0.1, -0.05) is 29.0 Å². The van der Waals surface area contributed by atoms with Crippen molar-refractivity contribution >= 4 is 28.5 Å². The zero-order chi connectivity index (χ0) is 10.1. The van der Waals surface area contributed by atoms with Gasteiger partial charge in [-0.15, -0.1) is 0 Å². The Bertz CT molecular complexity index is 135. The van der Waals surface area contributed by atoms with Crippen LogP contribution in [0.3, 0.4) is 0 Å². The molecule has 0 aliphatic rings. The number of halogens is 1. The minimum absolute atomic E-state index is 0.318. The number of alkyl halides is 1. The Morgan fingerprint density at radius 3 is 2.23 bits per heavy atom. The molecular weight excluding hydrogens is 277 g/mol. The third kappa shape index (κ3) is 6.29. The number of rotatable bonds is 7. The number of unbranched alkanes of at least 4 members (excludes halogenated alkanes) is 2. The standard InChI is InChI=1S/C10H20INO/c1-3-12(4-2)10(13)8-6-5-7-9-11/h3-9H2,1-2H3. The number of hydrogen-bond donors (Lipinski definition) is 0. The Labute approximate surface area is 95.2 Å². The monoisotopic (exact) mass is 297 g/mol. The van der Waals surface area contributed by atoms with Crippen LogP contribution in [-0.4, -0.2) is 28.3 Å². The van der Waals surface area contributed by atoms with Crippen molar-refractivity contribution in [2.24, 2.45) is 0 Å². The average Bonchev–Trinajstić information content (AvgIpc) is 2.14. The van der Waals surface area contributed by atoms with Crippen molar-refractivity contribution in [2.75, 3.05) is 17.5 Å². The van der Waals surface area contributed by atoms with Gasteiger partial charge in [-0.3, -0.25) is 4.79 Å². The zero-order valence-corrected chi connectivity index (χ0v) is 10.8. The molecule has 0 atom stereocenters. The summed E-state index contributed by atoms with van der Waals surface area (Å²) in [5.74, 6) is 0.318. The number of carbonyl (C=O) groups is 1. The molecule has 0 rings (SSSR count). The van der Waals surface area contributed by atoms with Crippen LogP contribution in [-0.2, 0) is 4.79 Å². The predicted octanol–water partition coefficient (Wildman–Crippen LogP) is 2.85. The summed E-state index contributed by atoms with van der Waals surface area (Å²) in [5.41, 5.74) is 0. The van der Waals surface area contributed by atoms with E-state index < -0.39 is 0 Å². The van der Waals surface area contributed by atoms with Gasteiger partial charge in [-0.25, -0.2) is 0 Å². The van der Waals surface area contributed by atoms with E-state index in [4.69, 9.17) is 0 Å². The van der Waals surface area contributed by atoms with Crippen molar-refractivity contribution in [3.8, 4) is 0 Å². The van der Waals surface area contributed by atoms with Gasteiger partial charge in [0.05, 0.1) is 0 Å². The number of amides is 1. The summed E-state index contributed by atoms with van der Waals surface area (Å²) < 4.78 is 1.21. The highest BCUT2D eigenvalue weighted by molar-refractivity contribution is 14.1. The van der Waals surface area contributed by atoms with E-state index in [1.54, 1.807) is 0 Å². The predicted molar refractivity (Wildman–Crippen MR) is 65.3 cm³/mol. The lowest BCUT2D eigenvalue weighted by Gasteiger charge is -2.18. The highest BCUT2D eigenvalue weighted by Gasteiger charge is 2.07. The molecule has 0 heterocycles. The maximum Gasteiger partial charge on any atom is 0.222 e. The van der Waals surface area contributed by atoms with Crippen LogP contribution in [0.2, 0.25) is 0 Å². The van der Waals surface area contributed by atoms with Crippen molar-refractivity contribution in [3.63, 3.8) is 0 Å². The van der Waals surface area contributed by atoms with Crippen LogP contribution in [0.4, 0.5) is 0 Å².